The van der Waals surface area contributed by atoms with Crippen molar-refractivity contribution in [3.63, 3.8) is 0 Å². The second kappa shape index (κ2) is 3.58. The quantitative estimate of drug-likeness (QED) is 0.617. The molecule has 0 aromatic carbocycles. The smallest absolute Gasteiger partial charge is 0.0612 e. The van der Waals surface area contributed by atoms with Crippen molar-refractivity contribution in [2.75, 3.05) is 26.2 Å². The molecule has 12 heavy (non-hydrogen) atoms. The summed E-state index contributed by atoms with van der Waals surface area (Å²) in [6.07, 6.45) is 6.82. The Balaban J connectivity index is 1.95. The van der Waals surface area contributed by atoms with Gasteiger partial charge in [-0.2, -0.15) is 0 Å². The average Bonchev–Trinajstić information content (AvgIpc) is 2.17. The predicted molar refractivity (Wildman–Crippen MR) is 48.9 cm³/mol. The normalized spacial score (nSPS) is 40.9. The summed E-state index contributed by atoms with van der Waals surface area (Å²) in [6, 6.07) is 0. The van der Waals surface area contributed by atoms with E-state index in [0.29, 0.717) is 0 Å². The highest BCUT2D eigenvalue weighted by atomic mass is 16.2. The van der Waals surface area contributed by atoms with Gasteiger partial charge in [-0.05, 0) is 37.8 Å². The van der Waals surface area contributed by atoms with Crippen LogP contribution in [0.3, 0.4) is 0 Å². The minimum atomic E-state index is 0.198. The van der Waals surface area contributed by atoms with Crippen LogP contribution in [0.2, 0.25) is 0 Å². The number of rotatable bonds is 2. The van der Waals surface area contributed by atoms with Gasteiger partial charge in [-0.1, -0.05) is 12.2 Å². The highest BCUT2D eigenvalue weighted by molar-refractivity contribution is 4.98. The number of hydrogen-bond donors (Lipinski definition) is 1. The second-order valence-electron chi connectivity index (χ2n) is 3.91. The molecule has 3 aliphatic rings. The molecule has 3 heterocycles. The van der Waals surface area contributed by atoms with Gasteiger partial charge in [0.1, 0.15) is 0 Å². The van der Waals surface area contributed by atoms with E-state index < -0.39 is 0 Å². The molecule has 0 aromatic heterocycles. The van der Waals surface area contributed by atoms with Gasteiger partial charge < -0.3 is 10.0 Å². The Morgan fingerprint density at radius 2 is 2.08 bits per heavy atom. The molecule has 68 valence electrons. The van der Waals surface area contributed by atoms with Crippen LogP contribution in [0.1, 0.15) is 12.8 Å². The van der Waals surface area contributed by atoms with Crippen molar-refractivity contribution in [2.24, 2.45) is 11.8 Å². The molecule has 1 atom stereocenters. The Labute approximate surface area is 73.9 Å². The Morgan fingerprint density at radius 3 is 2.58 bits per heavy atom. The van der Waals surface area contributed by atoms with Crippen LogP contribution >= 0.6 is 0 Å². The minimum absolute atomic E-state index is 0.198. The summed E-state index contributed by atoms with van der Waals surface area (Å²) in [5.41, 5.74) is 0. The first-order valence-corrected chi connectivity index (χ1v) is 4.90. The third kappa shape index (κ3) is 1.54. The lowest BCUT2D eigenvalue weighted by Gasteiger charge is -2.43. The van der Waals surface area contributed by atoms with Crippen LogP contribution in [0.25, 0.3) is 0 Å². The molecule has 3 saturated heterocycles. The van der Waals surface area contributed by atoms with Gasteiger partial charge in [-0.15, -0.1) is 0 Å². The molecule has 2 nitrogen and oxygen atoms in total. The highest BCUT2D eigenvalue weighted by Crippen LogP contribution is 2.32. The summed E-state index contributed by atoms with van der Waals surface area (Å²) in [5.74, 6) is 1.62. The first kappa shape index (κ1) is 8.27. The van der Waals surface area contributed by atoms with Gasteiger partial charge in [-0.25, -0.2) is 0 Å². The molecular weight excluding hydrogens is 150 g/mol. The average molecular weight is 167 g/mol. The van der Waals surface area contributed by atoms with Crippen LogP contribution in [0.5, 0.6) is 0 Å². The van der Waals surface area contributed by atoms with Gasteiger partial charge >= 0.3 is 0 Å². The van der Waals surface area contributed by atoms with Gasteiger partial charge in [0, 0.05) is 6.54 Å². The first-order valence-electron chi connectivity index (χ1n) is 4.90. The number of hydrogen-bond acceptors (Lipinski definition) is 2. The molecule has 3 rings (SSSR count). The second-order valence-corrected chi connectivity index (χ2v) is 3.91. The molecule has 3 fully saturated rings. The summed E-state index contributed by atoms with van der Waals surface area (Å²) in [4.78, 5) is 2.53. The van der Waals surface area contributed by atoms with E-state index in [4.69, 9.17) is 5.11 Å². The summed E-state index contributed by atoms with van der Waals surface area (Å²) >= 11 is 0. The molecule has 0 spiro atoms. The van der Waals surface area contributed by atoms with Crippen molar-refractivity contribution in [2.45, 2.75) is 12.8 Å². The van der Waals surface area contributed by atoms with E-state index in [1.807, 2.05) is 6.08 Å². The van der Waals surface area contributed by atoms with Gasteiger partial charge in [0.2, 0.25) is 0 Å². The van der Waals surface area contributed by atoms with Crippen LogP contribution in [0.4, 0.5) is 0 Å². The molecule has 3 aliphatic heterocycles. The summed E-state index contributed by atoms with van der Waals surface area (Å²) in [6.45, 7) is 4.02. The largest absolute Gasteiger partial charge is 0.392 e. The van der Waals surface area contributed by atoms with Crippen molar-refractivity contribution < 1.29 is 5.11 Å². The van der Waals surface area contributed by atoms with Crippen molar-refractivity contribution in [1.82, 2.24) is 4.90 Å². The summed E-state index contributed by atoms with van der Waals surface area (Å²) in [7, 11) is 0. The van der Waals surface area contributed by atoms with E-state index in [1.165, 1.54) is 32.5 Å². The molecule has 1 unspecified atom stereocenters. The fraction of sp³-hybridized carbons (Fsp3) is 0.800. The Morgan fingerprint density at radius 1 is 1.33 bits per heavy atom. The molecular formula is C10H17NO. The van der Waals surface area contributed by atoms with E-state index in [2.05, 4.69) is 11.0 Å². The topological polar surface area (TPSA) is 23.5 Å². The highest BCUT2D eigenvalue weighted by Gasteiger charge is 2.32. The molecule has 0 amide bonds. The van der Waals surface area contributed by atoms with Crippen LogP contribution in [0.15, 0.2) is 12.2 Å². The number of aliphatic hydroxyl groups is 1. The predicted octanol–water partition coefficient (Wildman–Crippen LogP) is 0.877. The lowest BCUT2D eigenvalue weighted by molar-refractivity contribution is 0.0733. The van der Waals surface area contributed by atoms with Crippen LogP contribution in [-0.4, -0.2) is 36.2 Å². The third-order valence-electron chi connectivity index (χ3n) is 3.20. The fourth-order valence-electron chi connectivity index (χ4n) is 2.46. The molecule has 0 aromatic rings. The van der Waals surface area contributed by atoms with Crippen LogP contribution in [-0.2, 0) is 0 Å². The lowest BCUT2D eigenvalue weighted by atomic mass is 9.79. The van der Waals surface area contributed by atoms with E-state index in [1.54, 1.807) is 0 Å². The van der Waals surface area contributed by atoms with Crippen LogP contribution in [0, 0.1) is 11.8 Å². The van der Waals surface area contributed by atoms with Crippen molar-refractivity contribution in [3.8, 4) is 0 Å². The van der Waals surface area contributed by atoms with E-state index >= 15 is 0 Å². The van der Waals surface area contributed by atoms with E-state index in [9.17, 15) is 0 Å². The number of piperidine rings is 3. The van der Waals surface area contributed by atoms with E-state index in [0.717, 1.165) is 11.8 Å². The number of aliphatic hydroxyl groups excluding tert-OH is 1. The zero-order chi connectivity index (χ0) is 8.39. The maximum Gasteiger partial charge on any atom is 0.0612 e. The molecule has 2 bridgehead atoms. The monoisotopic (exact) mass is 167 g/mol. The van der Waals surface area contributed by atoms with Gasteiger partial charge in [0.25, 0.3) is 0 Å². The number of fused-ring (bicyclic) bond motifs is 3. The molecule has 0 radical (unpaired) electrons. The SMILES string of the molecule is OC/C=C/C1CN2CCC1CC2. The van der Waals surface area contributed by atoms with Crippen molar-refractivity contribution in [1.29, 1.82) is 0 Å². The Hall–Kier alpha value is -0.340. The van der Waals surface area contributed by atoms with Crippen molar-refractivity contribution >= 4 is 0 Å². The van der Waals surface area contributed by atoms with Crippen LogP contribution < -0.4 is 0 Å². The van der Waals surface area contributed by atoms with Gasteiger partial charge in [0.05, 0.1) is 6.61 Å². The summed E-state index contributed by atoms with van der Waals surface area (Å²) in [5, 5.41) is 8.67. The van der Waals surface area contributed by atoms with Gasteiger partial charge in [0.15, 0.2) is 0 Å². The standard InChI is InChI=1S/C10H17NO/c12-7-1-2-10-8-11-5-3-9(10)4-6-11/h1-2,9-10,12H,3-8H2/b2-1+. The molecule has 0 saturated carbocycles. The minimum Gasteiger partial charge on any atom is -0.392 e. The lowest BCUT2D eigenvalue weighted by Crippen LogP contribution is -2.46. The zero-order valence-corrected chi connectivity index (χ0v) is 7.45. The van der Waals surface area contributed by atoms with Gasteiger partial charge in [-0.3, -0.25) is 0 Å². The maximum atomic E-state index is 8.67. The maximum absolute atomic E-state index is 8.67. The van der Waals surface area contributed by atoms with Crippen molar-refractivity contribution in [3.05, 3.63) is 12.2 Å². The first-order chi connectivity index (χ1) is 5.90. The van der Waals surface area contributed by atoms with E-state index in [-0.39, 0.29) is 6.61 Å². The summed E-state index contributed by atoms with van der Waals surface area (Å²) < 4.78 is 0. The zero-order valence-electron chi connectivity index (χ0n) is 7.45. The molecule has 1 N–H and O–H groups in total. The fourth-order valence-corrected chi connectivity index (χ4v) is 2.46. The molecule has 0 aliphatic carbocycles. The number of nitrogens with zero attached hydrogens (tertiary/aromatic N) is 1. The third-order valence-corrected chi connectivity index (χ3v) is 3.20. The molecule has 2 heteroatoms. The Bertz CT molecular complexity index is 171. The Kier molecular flexibility index (Phi) is 2.47.